The van der Waals surface area contributed by atoms with Crippen LogP contribution < -0.4 is 0 Å². The first kappa shape index (κ1) is 15.6. The third kappa shape index (κ3) is 5.46. The van der Waals surface area contributed by atoms with Crippen LogP contribution in [0.1, 0.15) is 12.0 Å². The van der Waals surface area contributed by atoms with Crippen molar-refractivity contribution in [1.82, 2.24) is 4.90 Å². The monoisotopic (exact) mass is 337 g/mol. The fraction of sp³-hybridized carbons (Fsp3) is 0.500. The molecule has 0 spiro atoms. The molecule has 0 aromatic heterocycles. The largest absolute Gasteiger partial charge is 0.302 e. The molecule has 0 heterocycles. The van der Waals surface area contributed by atoms with E-state index in [4.69, 9.17) is 0 Å². The molecule has 0 aliphatic heterocycles. The van der Waals surface area contributed by atoms with E-state index in [9.17, 15) is 12.8 Å². The number of benzene rings is 1. The van der Waals surface area contributed by atoms with Crippen LogP contribution in [-0.2, 0) is 16.4 Å². The molecule has 0 saturated carbocycles. The van der Waals surface area contributed by atoms with Crippen LogP contribution in [0.3, 0.4) is 0 Å². The Bertz CT molecular complexity index is 485. The van der Waals surface area contributed by atoms with E-state index in [1.807, 2.05) is 11.9 Å². The van der Waals surface area contributed by atoms with Crippen LogP contribution in [-0.4, -0.2) is 38.9 Å². The zero-order valence-corrected chi connectivity index (χ0v) is 12.9. The van der Waals surface area contributed by atoms with Gasteiger partial charge in [0.05, 0.1) is 5.75 Å². The van der Waals surface area contributed by atoms with Crippen LogP contribution in [0, 0.1) is 5.82 Å². The lowest BCUT2D eigenvalue weighted by Gasteiger charge is -2.17. The van der Waals surface area contributed by atoms with Crippen LogP contribution in [0.5, 0.6) is 0 Å². The van der Waals surface area contributed by atoms with Gasteiger partial charge in [0.1, 0.15) is 15.7 Å². The Kier molecular flexibility index (Phi) is 5.75. The Balaban J connectivity index is 2.52. The molecule has 0 aliphatic carbocycles. The van der Waals surface area contributed by atoms with Crippen molar-refractivity contribution >= 4 is 25.8 Å². The highest BCUT2D eigenvalue weighted by molar-refractivity contribution is 9.10. The maximum Gasteiger partial charge on any atom is 0.147 e. The molecule has 0 atom stereocenters. The third-order valence-electron chi connectivity index (χ3n) is 2.54. The molecule has 0 N–H and O–H groups in total. The zero-order chi connectivity index (χ0) is 13.8. The molecule has 0 unspecified atom stereocenters. The predicted octanol–water partition coefficient (Wildman–Crippen LogP) is 2.45. The molecule has 0 bridgehead atoms. The first-order valence-corrected chi connectivity index (χ1v) is 8.44. The summed E-state index contributed by atoms with van der Waals surface area (Å²) in [5.74, 6) is -0.0881. The third-order valence-corrected chi connectivity index (χ3v) is 4.32. The summed E-state index contributed by atoms with van der Waals surface area (Å²) in [6.07, 6.45) is 1.78. The van der Waals surface area contributed by atoms with Gasteiger partial charge in [-0.05, 0) is 32.1 Å². The minimum Gasteiger partial charge on any atom is -0.302 e. The van der Waals surface area contributed by atoms with Gasteiger partial charge in [-0.1, -0.05) is 22.0 Å². The molecule has 0 amide bonds. The number of halogens is 2. The zero-order valence-electron chi connectivity index (χ0n) is 10.5. The number of rotatable bonds is 6. The van der Waals surface area contributed by atoms with E-state index in [2.05, 4.69) is 15.9 Å². The van der Waals surface area contributed by atoms with Crippen LogP contribution in [0.15, 0.2) is 22.7 Å². The average Bonchev–Trinajstić information content (AvgIpc) is 2.22. The first-order valence-electron chi connectivity index (χ1n) is 5.59. The summed E-state index contributed by atoms with van der Waals surface area (Å²) in [5.41, 5.74) is 0.597. The highest BCUT2D eigenvalue weighted by atomic mass is 79.9. The SMILES string of the molecule is CN(CCCS(C)(=O)=O)Cc1c(F)cccc1Br. The summed E-state index contributed by atoms with van der Waals surface area (Å²) >= 11 is 3.31. The van der Waals surface area contributed by atoms with E-state index >= 15 is 0 Å². The van der Waals surface area contributed by atoms with E-state index in [1.54, 1.807) is 12.1 Å². The summed E-state index contributed by atoms with van der Waals surface area (Å²) in [6, 6.07) is 4.86. The molecule has 1 rings (SSSR count). The normalized spacial score (nSPS) is 12.1. The lowest BCUT2D eigenvalue weighted by molar-refractivity contribution is 0.321. The highest BCUT2D eigenvalue weighted by Gasteiger charge is 2.10. The molecular weight excluding hydrogens is 321 g/mol. The molecule has 18 heavy (non-hydrogen) atoms. The average molecular weight is 338 g/mol. The summed E-state index contributed by atoms with van der Waals surface area (Å²) in [6.45, 7) is 1.07. The maximum absolute atomic E-state index is 13.6. The molecule has 1 aromatic rings. The Morgan fingerprint density at radius 3 is 2.61 bits per heavy atom. The first-order chi connectivity index (χ1) is 8.29. The van der Waals surface area contributed by atoms with Crippen LogP contribution in [0.2, 0.25) is 0 Å². The molecular formula is C12H17BrFNO2S. The smallest absolute Gasteiger partial charge is 0.147 e. The summed E-state index contributed by atoms with van der Waals surface area (Å²) in [5, 5.41) is 0. The van der Waals surface area contributed by atoms with Gasteiger partial charge in [-0.2, -0.15) is 0 Å². The Morgan fingerprint density at radius 2 is 2.06 bits per heavy atom. The van der Waals surface area contributed by atoms with E-state index in [0.717, 1.165) is 4.47 Å². The molecule has 6 heteroatoms. The number of sulfone groups is 1. The maximum atomic E-state index is 13.6. The van der Waals surface area contributed by atoms with Crippen molar-refractivity contribution in [2.24, 2.45) is 0 Å². The lowest BCUT2D eigenvalue weighted by Crippen LogP contribution is -2.22. The number of hydrogen-bond acceptors (Lipinski definition) is 3. The van der Waals surface area contributed by atoms with Crippen LogP contribution in [0.4, 0.5) is 4.39 Å². The van der Waals surface area contributed by atoms with Crippen molar-refractivity contribution in [3.8, 4) is 0 Å². The Labute approximate surface area is 116 Å². The minimum absolute atomic E-state index is 0.162. The number of hydrogen-bond donors (Lipinski definition) is 0. The van der Waals surface area contributed by atoms with Crippen molar-refractivity contribution in [2.75, 3.05) is 25.6 Å². The van der Waals surface area contributed by atoms with Crippen LogP contribution in [0.25, 0.3) is 0 Å². The van der Waals surface area contributed by atoms with Crippen molar-refractivity contribution in [1.29, 1.82) is 0 Å². The second-order valence-electron chi connectivity index (χ2n) is 4.42. The van der Waals surface area contributed by atoms with Gasteiger partial charge in [0, 0.05) is 22.8 Å². The number of nitrogens with zero attached hydrogens (tertiary/aromatic N) is 1. The van der Waals surface area contributed by atoms with Crippen molar-refractivity contribution < 1.29 is 12.8 Å². The topological polar surface area (TPSA) is 37.4 Å². The van der Waals surface area contributed by atoms with Crippen molar-refractivity contribution in [3.05, 3.63) is 34.1 Å². The van der Waals surface area contributed by atoms with Gasteiger partial charge in [0.2, 0.25) is 0 Å². The fourth-order valence-electron chi connectivity index (χ4n) is 1.63. The molecule has 1 aromatic carbocycles. The van der Waals surface area contributed by atoms with Crippen LogP contribution >= 0.6 is 15.9 Å². The summed E-state index contributed by atoms with van der Waals surface area (Å²) in [4.78, 5) is 1.91. The van der Waals surface area contributed by atoms with Crippen molar-refractivity contribution in [3.63, 3.8) is 0 Å². The lowest BCUT2D eigenvalue weighted by atomic mass is 10.2. The molecule has 0 saturated heterocycles. The van der Waals surface area contributed by atoms with Gasteiger partial charge in [0.15, 0.2) is 0 Å². The van der Waals surface area contributed by atoms with E-state index in [-0.39, 0.29) is 11.6 Å². The van der Waals surface area contributed by atoms with Gasteiger partial charge >= 0.3 is 0 Å². The Hall–Kier alpha value is -0.460. The van der Waals surface area contributed by atoms with Gasteiger partial charge in [-0.3, -0.25) is 0 Å². The van der Waals surface area contributed by atoms with Gasteiger partial charge in [0.25, 0.3) is 0 Å². The standard InChI is InChI=1S/C12H17BrFNO2S/c1-15(7-4-8-18(2,16)17)9-10-11(13)5-3-6-12(10)14/h3,5-6H,4,7-9H2,1-2H3. The second kappa shape index (κ2) is 6.63. The minimum atomic E-state index is -2.92. The molecule has 102 valence electrons. The van der Waals surface area contributed by atoms with Gasteiger partial charge < -0.3 is 4.90 Å². The molecule has 0 aliphatic rings. The van der Waals surface area contributed by atoms with E-state index in [0.29, 0.717) is 25.1 Å². The Morgan fingerprint density at radius 1 is 1.39 bits per heavy atom. The molecule has 0 fully saturated rings. The summed E-state index contributed by atoms with van der Waals surface area (Å²) in [7, 11) is -1.07. The quantitative estimate of drug-likeness (QED) is 0.800. The van der Waals surface area contributed by atoms with Gasteiger partial charge in [-0.25, -0.2) is 12.8 Å². The van der Waals surface area contributed by atoms with Crippen molar-refractivity contribution in [2.45, 2.75) is 13.0 Å². The predicted molar refractivity (Wildman–Crippen MR) is 74.8 cm³/mol. The summed E-state index contributed by atoms with van der Waals surface area (Å²) < 4.78 is 36.3. The molecule has 0 radical (unpaired) electrons. The fourth-order valence-corrected chi connectivity index (χ4v) is 2.75. The van der Waals surface area contributed by atoms with Gasteiger partial charge in [-0.15, -0.1) is 0 Å². The van der Waals surface area contributed by atoms with E-state index in [1.165, 1.54) is 12.3 Å². The second-order valence-corrected chi connectivity index (χ2v) is 7.54. The highest BCUT2D eigenvalue weighted by Crippen LogP contribution is 2.20. The van der Waals surface area contributed by atoms with E-state index < -0.39 is 9.84 Å². The molecule has 3 nitrogen and oxygen atoms in total.